The van der Waals surface area contributed by atoms with Gasteiger partial charge in [0, 0.05) is 12.2 Å². The lowest BCUT2D eigenvalue weighted by Crippen LogP contribution is -2.30. The van der Waals surface area contributed by atoms with Crippen LogP contribution in [0.4, 0.5) is 14.5 Å². The average molecular weight is 352 g/mol. The minimum atomic E-state index is -2.83. The third-order valence-electron chi connectivity index (χ3n) is 3.20. The molecule has 7 heteroatoms. The Morgan fingerprint density at radius 2 is 1.67 bits per heavy atom. The second-order valence-corrected chi connectivity index (χ2v) is 5.29. The molecule has 0 radical (unpaired) electrons. The lowest BCUT2D eigenvalue weighted by Gasteiger charge is -2.11. The van der Waals surface area contributed by atoms with Gasteiger partial charge in [-0.05, 0) is 60.6 Å². The van der Waals surface area contributed by atoms with Gasteiger partial charge in [0.05, 0.1) is 7.11 Å². The van der Waals surface area contributed by atoms with Gasteiger partial charge in [0.1, 0.15) is 11.5 Å². The van der Waals surface area contributed by atoms with E-state index in [1.165, 1.54) is 17.7 Å². The van der Waals surface area contributed by atoms with Crippen LogP contribution in [0.1, 0.15) is 5.56 Å². The molecule has 0 saturated heterocycles. The zero-order chi connectivity index (χ0) is 17.4. The number of thiocarbonyl (C=S) groups is 1. The first kappa shape index (κ1) is 17.9. The van der Waals surface area contributed by atoms with Crippen LogP contribution in [0, 0.1) is 0 Å². The van der Waals surface area contributed by atoms with Crippen LogP contribution < -0.4 is 20.1 Å². The number of methoxy groups -OCH3 is 1. The van der Waals surface area contributed by atoms with Crippen molar-refractivity contribution >= 4 is 23.0 Å². The van der Waals surface area contributed by atoms with Gasteiger partial charge in [-0.1, -0.05) is 12.1 Å². The summed E-state index contributed by atoms with van der Waals surface area (Å²) < 4.78 is 33.6. The van der Waals surface area contributed by atoms with Crippen LogP contribution in [0.3, 0.4) is 0 Å². The highest BCUT2D eigenvalue weighted by Crippen LogP contribution is 2.17. The summed E-state index contributed by atoms with van der Waals surface area (Å²) in [7, 11) is 1.63. The fourth-order valence-corrected chi connectivity index (χ4v) is 2.23. The summed E-state index contributed by atoms with van der Waals surface area (Å²) >= 11 is 5.20. The third-order valence-corrected chi connectivity index (χ3v) is 3.44. The van der Waals surface area contributed by atoms with Crippen LogP contribution in [0.2, 0.25) is 0 Å². The molecule has 0 saturated carbocycles. The monoisotopic (exact) mass is 352 g/mol. The average Bonchev–Trinajstić information content (AvgIpc) is 2.57. The highest BCUT2D eigenvalue weighted by molar-refractivity contribution is 7.80. The van der Waals surface area contributed by atoms with Crippen molar-refractivity contribution in [3.63, 3.8) is 0 Å². The number of hydrogen-bond donors (Lipinski definition) is 2. The molecule has 0 fully saturated rings. The molecular weight excluding hydrogens is 334 g/mol. The Balaban J connectivity index is 1.74. The molecule has 0 bridgehead atoms. The fourth-order valence-electron chi connectivity index (χ4n) is 2.01. The van der Waals surface area contributed by atoms with E-state index in [0.717, 1.165) is 12.2 Å². The van der Waals surface area contributed by atoms with Crippen molar-refractivity contribution < 1.29 is 18.3 Å². The first-order valence-corrected chi connectivity index (χ1v) is 7.70. The van der Waals surface area contributed by atoms with Gasteiger partial charge in [-0.2, -0.15) is 8.78 Å². The molecule has 0 spiro atoms. The summed E-state index contributed by atoms with van der Waals surface area (Å²) in [6, 6.07) is 14.0. The van der Waals surface area contributed by atoms with Crippen molar-refractivity contribution in [1.82, 2.24) is 5.32 Å². The molecule has 0 amide bonds. The van der Waals surface area contributed by atoms with E-state index in [1.807, 2.05) is 24.3 Å². The molecule has 0 unspecified atom stereocenters. The molecule has 0 aliphatic carbocycles. The second-order valence-electron chi connectivity index (χ2n) is 4.88. The Bertz CT molecular complexity index is 649. The van der Waals surface area contributed by atoms with E-state index in [1.54, 1.807) is 19.2 Å². The van der Waals surface area contributed by atoms with Gasteiger partial charge in [-0.3, -0.25) is 0 Å². The number of nitrogens with one attached hydrogen (secondary N) is 2. The first-order valence-electron chi connectivity index (χ1n) is 7.29. The van der Waals surface area contributed by atoms with Gasteiger partial charge in [0.2, 0.25) is 0 Å². The van der Waals surface area contributed by atoms with E-state index in [9.17, 15) is 8.78 Å². The maximum Gasteiger partial charge on any atom is 0.387 e. The first-order chi connectivity index (χ1) is 11.6. The van der Waals surface area contributed by atoms with Gasteiger partial charge in [0.25, 0.3) is 0 Å². The van der Waals surface area contributed by atoms with Crippen molar-refractivity contribution in [1.29, 1.82) is 0 Å². The summed E-state index contributed by atoms with van der Waals surface area (Å²) in [5, 5.41) is 6.54. The van der Waals surface area contributed by atoms with E-state index in [2.05, 4.69) is 15.4 Å². The second kappa shape index (κ2) is 9.02. The normalized spacial score (nSPS) is 10.3. The van der Waals surface area contributed by atoms with Crippen LogP contribution in [0.5, 0.6) is 11.5 Å². The number of alkyl halides is 2. The molecular formula is C17H18F2N2O2S. The van der Waals surface area contributed by atoms with Gasteiger partial charge in [0.15, 0.2) is 5.11 Å². The van der Waals surface area contributed by atoms with Crippen molar-refractivity contribution in [2.75, 3.05) is 19.0 Å². The number of anilines is 1. The summed E-state index contributed by atoms with van der Waals surface area (Å²) in [5.41, 5.74) is 1.86. The van der Waals surface area contributed by atoms with Crippen LogP contribution >= 0.6 is 12.2 Å². The molecule has 4 nitrogen and oxygen atoms in total. The third kappa shape index (κ3) is 6.00. The summed E-state index contributed by atoms with van der Waals surface area (Å²) in [6.45, 7) is -2.16. The number of halogens is 2. The van der Waals surface area contributed by atoms with E-state index in [4.69, 9.17) is 17.0 Å². The number of benzene rings is 2. The smallest absolute Gasteiger partial charge is 0.387 e. The Morgan fingerprint density at radius 3 is 2.25 bits per heavy atom. The van der Waals surface area contributed by atoms with Crippen LogP contribution in [-0.2, 0) is 6.42 Å². The Hall–Kier alpha value is -2.41. The fraction of sp³-hybridized carbons (Fsp3) is 0.235. The van der Waals surface area contributed by atoms with Crippen molar-refractivity contribution in [3.8, 4) is 11.5 Å². The zero-order valence-electron chi connectivity index (χ0n) is 13.1. The molecule has 0 aliphatic rings. The summed E-state index contributed by atoms with van der Waals surface area (Å²) in [6.07, 6.45) is 0.812. The molecule has 0 aromatic heterocycles. The minimum Gasteiger partial charge on any atom is -0.497 e. The van der Waals surface area contributed by atoms with Crippen LogP contribution in [0.25, 0.3) is 0 Å². The Morgan fingerprint density at radius 1 is 1.04 bits per heavy atom. The van der Waals surface area contributed by atoms with Gasteiger partial charge in [-0.25, -0.2) is 0 Å². The minimum absolute atomic E-state index is 0.105. The Labute approximate surface area is 144 Å². The zero-order valence-corrected chi connectivity index (χ0v) is 13.9. The van der Waals surface area contributed by atoms with E-state index >= 15 is 0 Å². The van der Waals surface area contributed by atoms with Gasteiger partial charge >= 0.3 is 6.61 Å². The topological polar surface area (TPSA) is 42.5 Å². The molecule has 24 heavy (non-hydrogen) atoms. The molecule has 2 rings (SSSR count). The van der Waals surface area contributed by atoms with E-state index in [0.29, 0.717) is 17.3 Å². The molecule has 0 atom stereocenters. The lowest BCUT2D eigenvalue weighted by molar-refractivity contribution is -0.0498. The SMILES string of the molecule is COc1ccc(CCNC(=S)Nc2ccc(OC(F)F)cc2)cc1. The van der Waals surface area contributed by atoms with Gasteiger partial charge in [-0.15, -0.1) is 0 Å². The van der Waals surface area contributed by atoms with E-state index < -0.39 is 6.61 Å². The largest absolute Gasteiger partial charge is 0.497 e. The van der Waals surface area contributed by atoms with E-state index in [-0.39, 0.29) is 5.75 Å². The molecule has 0 heterocycles. The van der Waals surface area contributed by atoms with Crippen LogP contribution in [0.15, 0.2) is 48.5 Å². The van der Waals surface area contributed by atoms with Crippen LogP contribution in [-0.4, -0.2) is 25.4 Å². The summed E-state index contributed by atoms with van der Waals surface area (Å²) in [4.78, 5) is 0. The standard InChI is InChI=1S/C17H18F2N2O2S/c1-22-14-6-2-12(3-7-14)10-11-20-17(24)21-13-4-8-15(9-5-13)23-16(18)19/h2-9,16H,10-11H2,1H3,(H2,20,21,24). The number of ether oxygens (including phenoxy) is 2. The maximum atomic E-state index is 12.1. The highest BCUT2D eigenvalue weighted by atomic mass is 32.1. The lowest BCUT2D eigenvalue weighted by atomic mass is 10.1. The molecule has 2 N–H and O–H groups in total. The number of hydrogen-bond acceptors (Lipinski definition) is 3. The predicted molar refractivity (Wildman–Crippen MR) is 94.0 cm³/mol. The molecule has 128 valence electrons. The number of rotatable bonds is 7. The van der Waals surface area contributed by atoms with Crippen molar-refractivity contribution in [2.24, 2.45) is 0 Å². The highest BCUT2D eigenvalue weighted by Gasteiger charge is 2.04. The van der Waals surface area contributed by atoms with Crippen molar-refractivity contribution in [3.05, 3.63) is 54.1 Å². The quantitative estimate of drug-likeness (QED) is 0.742. The summed E-state index contributed by atoms with van der Waals surface area (Å²) in [5.74, 6) is 0.928. The molecule has 2 aromatic carbocycles. The molecule has 0 aliphatic heterocycles. The molecule has 2 aromatic rings. The van der Waals surface area contributed by atoms with Crippen molar-refractivity contribution in [2.45, 2.75) is 13.0 Å². The van der Waals surface area contributed by atoms with Gasteiger partial charge < -0.3 is 20.1 Å². The Kier molecular flexibility index (Phi) is 6.74. The maximum absolute atomic E-state index is 12.1. The predicted octanol–water partition coefficient (Wildman–Crippen LogP) is 3.83.